The first kappa shape index (κ1) is 35.8. The highest BCUT2D eigenvalue weighted by Crippen LogP contribution is 2.50. The van der Waals surface area contributed by atoms with E-state index in [1.54, 1.807) is 0 Å². The highest BCUT2D eigenvalue weighted by atomic mass is 16.5. The van der Waals surface area contributed by atoms with Crippen molar-refractivity contribution in [2.75, 3.05) is 31.3 Å². The maximum Gasteiger partial charge on any atom is 0.330 e. The smallest absolute Gasteiger partial charge is 0.330 e. The first-order chi connectivity index (χ1) is 26.4. The van der Waals surface area contributed by atoms with Crippen LogP contribution in [-0.4, -0.2) is 38.4 Å². The van der Waals surface area contributed by atoms with Crippen molar-refractivity contribution in [1.82, 2.24) is 0 Å². The van der Waals surface area contributed by atoms with Gasteiger partial charge < -0.3 is 23.8 Å². The molecule has 54 heavy (non-hydrogen) atoms. The Kier molecular flexibility index (Phi) is 10.9. The molecule has 1 aliphatic rings. The standard InChI is InChI=1S/C47H41NO6/c1-4-45(49)53-29-9-27-51-36-21-17-33(18-22-36)48(34-19-23-37(24-20-34)52-28-10-30-54-46(50)5-2)35-16-15-32(3)44(31-35)40-25-26-43-39-12-7-6-11-38(39)41-13-8-14-42(40)47(41)43/h4-8,11-26,31H,1-2,9-10,27-30H2,3H3. The molecule has 0 unspecified atom stereocenters. The first-order valence-electron chi connectivity index (χ1n) is 18.1. The van der Waals surface area contributed by atoms with Crippen LogP contribution in [0.4, 0.5) is 17.1 Å². The number of hydrogen-bond donors (Lipinski definition) is 0. The zero-order valence-corrected chi connectivity index (χ0v) is 30.3. The zero-order chi connectivity index (χ0) is 37.4. The van der Waals surface area contributed by atoms with Crippen molar-refractivity contribution in [1.29, 1.82) is 0 Å². The molecule has 7 heteroatoms. The topological polar surface area (TPSA) is 74.3 Å². The minimum Gasteiger partial charge on any atom is -0.493 e. The molecule has 0 aromatic heterocycles. The molecule has 0 radical (unpaired) electrons. The summed E-state index contributed by atoms with van der Waals surface area (Å²) in [5.41, 5.74) is 11.5. The molecule has 1 aliphatic carbocycles. The van der Waals surface area contributed by atoms with Gasteiger partial charge in [-0.2, -0.15) is 0 Å². The predicted octanol–water partition coefficient (Wildman–Crippen LogP) is 10.9. The van der Waals surface area contributed by atoms with E-state index in [2.05, 4.69) is 97.8 Å². The van der Waals surface area contributed by atoms with Gasteiger partial charge in [0.25, 0.3) is 0 Å². The van der Waals surface area contributed by atoms with Gasteiger partial charge in [0.1, 0.15) is 11.5 Å². The number of fused-ring (bicyclic) bond motifs is 3. The third-order valence-electron chi connectivity index (χ3n) is 9.44. The van der Waals surface area contributed by atoms with Crippen molar-refractivity contribution >= 4 is 39.8 Å². The van der Waals surface area contributed by atoms with Crippen LogP contribution >= 0.6 is 0 Å². The van der Waals surface area contributed by atoms with Gasteiger partial charge in [-0.3, -0.25) is 0 Å². The van der Waals surface area contributed by atoms with Crippen molar-refractivity contribution in [3.8, 4) is 44.9 Å². The Labute approximate surface area is 315 Å². The van der Waals surface area contributed by atoms with Gasteiger partial charge in [-0.25, -0.2) is 9.59 Å². The van der Waals surface area contributed by atoms with Gasteiger partial charge in [-0.05, 0) is 117 Å². The number of hydrogen-bond acceptors (Lipinski definition) is 7. The molecule has 0 amide bonds. The number of carbonyl (C=O) groups is 2. The van der Waals surface area contributed by atoms with Crippen LogP contribution in [0.25, 0.3) is 44.2 Å². The Morgan fingerprint density at radius 2 is 1.04 bits per heavy atom. The molecule has 7 nitrogen and oxygen atoms in total. The largest absolute Gasteiger partial charge is 0.493 e. The summed E-state index contributed by atoms with van der Waals surface area (Å²) in [6, 6.07) is 42.3. The lowest BCUT2D eigenvalue weighted by molar-refractivity contribution is -0.138. The maximum absolute atomic E-state index is 11.3. The molecule has 0 aliphatic heterocycles. The molecule has 0 saturated carbocycles. The van der Waals surface area contributed by atoms with Crippen molar-refractivity contribution in [2.24, 2.45) is 0 Å². The van der Waals surface area contributed by atoms with Crippen LogP contribution < -0.4 is 14.4 Å². The van der Waals surface area contributed by atoms with Crippen LogP contribution in [0.5, 0.6) is 11.5 Å². The molecular formula is C47H41NO6. The Morgan fingerprint density at radius 1 is 0.537 bits per heavy atom. The van der Waals surface area contributed by atoms with E-state index in [0.29, 0.717) is 26.1 Å². The normalized spacial score (nSPS) is 11.1. The Morgan fingerprint density at radius 3 is 1.59 bits per heavy atom. The van der Waals surface area contributed by atoms with Crippen LogP contribution in [0.1, 0.15) is 18.4 Å². The van der Waals surface area contributed by atoms with E-state index in [1.807, 2.05) is 48.5 Å². The van der Waals surface area contributed by atoms with Gasteiger partial charge in [0, 0.05) is 42.1 Å². The van der Waals surface area contributed by atoms with Gasteiger partial charge in [0.05, 0.1) is 26.4 Å². The lowest BCUT2D eigenvalue weighted by Gasteiger charge is -2.27. The van der Waals surface area contributed by atoms with Gasteiger partial charge in [-0.15, -0.1) is 0 Å². The highest BCUT2D eigenvalue weighted by Gasteiger charge is 2.23. The SMILES string of the molecule is C=CC(=O)OCCCOc1ccc(N(c2ccc(OCCCOC(=O)C=C)cc2)c2ccc(C)c(-c3ccc4c5c(cccc35)-c3ccccc3-4)c2)cc1. The maximum atomic E-state index is 11.3. The molecular weight excluding hydrogens is 675 g/mol. The number of rotatable bonds is 16. The molecule has 0 saturated heterocycles. The molecule has 7 rings (SSSR count). The second-order valence-electron chi connectivity index (χ2n) is 12.9. The van der Waals surface area contributed by atoms with E-state index in [4.69, 9.17) is 18.9 Å². The van der Waals surface area contributed by atoms with Crippen molar-refractivity contribution < 1.29 is 28.5 Å². The number of esters is 2. The molecule has 6 aromatic rings. The van der Waals surface area contributed by atoms with E-state index in [0.717, 1.165) is 46.3 Å². The van der Waals surface area contributed by atoms with Crippen molar-refractivity contribution in [3.63, 3.8) is 0 Å². The molecule has 0 atom stereocenters. The average molecular weight is 716 g/mol. The third kappa shape index (κ3) is 7.62. The van der Waals surface area contributed by atoms with Gasteiger partial charge >= 0.3 is 11.9 Å². The predicted molar refractivity (Wildman–Crippen MR) is 216 cm³/mol. The fourth-order valence-corrected chi connectivity index (χ4v) is 6.87. The minimum absolute atomic E-state index is 0.265. The summed E-state index contributed by atoms with van der Waals surface area (Å²) in [4.78, 5) is 24.9. The summed E-state index contributed by atoms with van der Waals surface area (Å²) >= 11 is 0. The number of aryl methyl sites for hydroxylation is 1. The minimum atomic E-state index is -0.441. The van der Waals surface area contributed by atoms with Crippen LogP contribution in [0.15, 0.2) is 147 Å². The van der Waals surface area contributed by atoms with Crippen LogP contribution in [-0.2, 0) is 19.1 Å². The van der Waals surface area contributed by atoms with Crippen LogP contribution in [0.2, 0.25) is 0 Å². The number of benzene rings is 6. The monoisotopic (exact) mass is 715 g/mol. The van der Waals surface area contributed by atoms with Crippen LogP contribution in [0, 0.1) is 6.92 Å². The molecule has 270 valence electrons. The van der Waals surface area contributed by atoms with Gasteiger partial charge in [0.2, 0.25) is 0 Å². The Bertz CT molecular complexity index is 2220. The van der Waals surface area contributed by atoms with Crippen LogP contribution in [0.3, 0.4) is 0 Å². The molecule has 0 fully saturated rings. The van der Waals surface area contributed by atoms with E-state index >= 15 is 0 Å². The summed E-state index contributed by atoms with van der Waals surface area (Å²) < 4.78 is 22.0. The average Bonchev–Trinajstić information content (AvgIpc) is 3.54. The van der Waals surface area contributed by atoms with Gasteiger partial charge in [-0.1, -0.05) is 73.8 Å². The lowest BCUT2D eigenvalue weighted by Crippen LogP contribution is -2.11. The van der Waals surface area contributed by atoms with E-state index in [-0.39, 0.29) is 13.2 Å². The summed E-state index contributed by atoms with van der Waals surface area (Å²) in [7, 11) is 0. The second-order valence-corrected chi connectivity index (χ2v) is 12.9. The van der Waals surface area contributed by atoms with Crippen molar-refractivity contribution in [2.45, 2.75) is 19.8 Å². The number of carbonyl (C=O) groups excluding carboxylic acids is 2. The fraction of sp³-hybridized carbons (Fsp3) is 0.149. The molecule has 0 bridgehead atoms. The summed E-state index contributed by atoms with van der Waals surface area (Å²) in [6.45, 7) is 10.4. The Balaban J connectivity index is 1.19. The second kappa shape index (κ2) is 16.4. The Hall–Kier alpha value is -6.60. The summed E-state index contributed by atoms with van der Waals surface area (Å²) in [6.07, 6.45) is 3.44. The van der Waals surface area contributed by atoms with E-state index < -0.39 is 11.9 Å². The summed E-state index contributed by atoms with van der Waals surface area (Å²) in [5.74, 6) is 0.553. The number of nitrogens with zero attached hydrogens (tertiary/aromatic N) is 1. The van der Waals surface area contributed by atoms with Gasteiger partial charge in [0.15, 0.2) is 0 Å². The first-order valence-corrected chi connectivity index (χ1v) is 18.1. The summed E-state index contributed by atoms with van der Waals surface area (Å²) in [5, 5.41) is 2.52. The highest BCUT2D eigenvalue weighted by molar-refractivity contribution is 6.18. The third-order valence-corrected chi connectivity index (χ3v) is 9.44. The van der Waals surface area contributed by atoms with E-state index in [1.165, 1.54) is 44.2 Å². The number of ether oxygens (including phenoxy) is 4. The van der Waals surface area contributed by atoms with Crippen molar-refractivity contribution in [3.05, 3.63) is 152 Å². The molecule has 6 aromatic carbocycles. The molecule has 0 N–H and O–H groups in total. The fourth-order valence-electron chi connectivity index (χ4n) is 6.87. The zero-order valence-electron chi connectivity index (χ0n) is 30.3. The quantitative estimate of drug-likeness (QED) is 0.0560. The number of anilines is 3. The molecule has 0 spiro atoms. The van der Waals surface area contributed by atoms with E-state index in [9.17, 15) is 9.59 Å². The lowest BCUT2D eigenvalue weighted by atomic mass is 9.92. The molecule has 0 heterocycles.